The van der Waals surface area contributed by atoms with Gasteiger partial charge in [-0.3, -0.25) is 9.69 Å². The molecule has 30 heavy (non-hydrogen) atoms. The molecule has 0 radical (unpaired) electrons. The number of halogens is 2. The van der Waals surface area contributed by atoms with Gasteiger partial charge in [0.25, 0.3) is 0 Å². The predicted molar refractivity (Wildman–Crippen MR) is 102 cm³/mol. The van der Waals surface area contributed by atoms with E-state index in [2.05, 4.69) is 10.6 Å². The fourth-order valence-electron chi connectivity index (χ4n) is 3.46. The SMILES string of the molecule is Cc1ccc([C@H]2NC(=O)N(CC(=O)Nc3cc(F)cc(F)c3)C3=C2C(=O)OC3)cc1. The maximum atomic E-state index is 13.3. The lowest BCUT2D eigenvalue weighted by atomic mass is 9.95. The van der Waals surface area contributed by atoms with Gasteiger partial charge in [-0.25, -0.2) is 18.4 Å². The van der Waals surface area contributed by atoms with Crippen molar-refractivity contribution < 1.29 is 27.9 Å². The summed E-state index contributed by atoms with van der Waals surface area (Å²) in [5.41, 5.74) is 2.19. The highest BCUT2D eigenvalue weighted by Crippen LogP contribution is 2.35. The molecule has 2 N–H and O–H groups in total. The molecule has 0 unspecified atom stereocenters. The number of esters is 1. The molecule has 7 nitrogen and oxygen atoms in total. The Morgan fingerprint density at radius 1 is 1.17 bits per heavy atom. The van der Waals surface area contributed by atoms with Crippen LogP contribution < -0.4 is 10.6 Å². The van der Waals surface area contributed by atoms with Gasteiger partial charge in [0.2, 0.25) is 5.91 Å². The lowest BCUT2D eigenvalue weighted by molar-refractivity contribution is -0.136. The summed E-state index contributed by atoms with van der Waals surface area (Å²) in [5.74, 6) is -2.95. The molecule has 0 fully saturated rings. The predicted octanol–water partition coefficient (Wildman–Crippen LogP) is 2.79. The van der Waals surface area contributed by atoms with Gasteiger partial charge >= 0.3 is 12.0 Å². The highest BCUT2D eigenvalue weighted by molar-refractivity contribution is 6.00. The highest BCUT2D eigenvalue weighted by atomic mass is 19.1. The zero-order chi connectivity index (χ0) is 21.4. The summed E-state index contributed by atoms with van der Waals surface area (Å²) in [5, 5.41) is 5.06. The molecule has 1 atom stereocenters. The summed E-state index contributed by atoms with van der Waals surface area (Å²) < 4.78 is 31.7. The first-order valence-electron chi connectivity index (χ1n) is 9.12. The molecule has 4 rings (SSSR count). The van der Waals surface area contributed by atoms with Crippen LogP contribution in [0.4, 0.5) is 19.3 Å². The van der Waals surface area contributed by atoms with Crippen LogP contribution in [-0.2, 0) is 14.3 Å². The number of benzene rings is 2. The van der Waals surface area contributed by atoms with Crippen molar-refractivity contribution in [1.82, 2.24) is 10.2 Å². The average Bonchev–Trinajstić information content (AvgIpc) is 3.05. The quantitative estimate of drug-likeness (QED) is 0.755. The molecule has 2 aromatic rings. The molecular formula is C21H17F2N3O4. The van der Waals surface area contributed by atoms with Crippen LogP contribution in [0.15, 0.2) is 53.7 Å². The van der Waals surface area contributed by atoms with Gasteiger partial charge in [-0.1, -0.05) is 29.8 Å². The van der Waals surface area contributed by atoms with E-state index in [1.54, 1.807) is 12.1 Å². The molecule has 2 aliphatic heterocycles. The molecule has 2 aliphatic rings. The van der Waals surface area contributed by atoms with Crippen molar-refractivity contribution >= 4 is 23.6 Å². The number of nitrogens with one attached hydrogen (secondary N) is 2. The molecule has 2 aromatic carbocycles. The van der Waals surface area contributed by atoms with Crippen LogP contribution in [0, 0.1) is 18.6 Å². The first kappa shape index (κ1) is 19.6. The summed E-state index contributed by atoms with van der Waals surface area (Å²) in [7, 11) is 0. The van der Waals surface area contributed by atoms with Crippen molar-refractivity contribution in [3.05, 3.63) is 76.5 Å². The molecule has 0 aliphatic carbocycles. The number of amides is 3. The Kier molecular flexibility index (Phi) is 4.94. The fraction of sp³-hybridized carbons (Fsp3) is 0.190. The largest absolute Gasteiger partial charge is 0.456 e. The van der Waals surface area contributed by atoms with E-state index < -0.39 is 42.1 Å². The average molecular weight is 413 g/mol. The molecule has 2 heterocycles. The number of cyclic esters (lactones) is 1. The monoisotopic (exact) mass is 413 g/mol. The van der Waals surface area contributed by atoms with Gasteiger partial charge in [0.1, 0.15) is 24.8 Å². The van der Waals surface area contributed by atoms with E-state index in [1.165, 1.54) is 0 Å². The number of hydrogen-bond donors (Lipinski definition) is 2. The Labute approximate surface area is 170 Å². The number of carbonyl (C=O) groups is 3. The van der Waals surface area contributed by atoms with Gasteiger partial charge in [-0.15, -0.1) is 0 Å². The smallest absolute Gasteiger partial charge is 0.338 e. The second-order valence-corrected chi connectivity index (χ2v) is 7.02. The summed E-state index contributed by atoms with van der Waals surface area (Å²) in [6, 6.07) is 8.64. The third-order valence-corrected chi connectivity index (χ3v) is 4.86. The van der Waals surface area contributed by atoms with Crippen LogP contribution in [0.1, 0.15) is 17.2 Å². The van der Waals surface area contributed by atoms with Crippen molar-refractivity contribution in [2.45, 2.75) is 13.0 Å². The molecule has 154 valence electrons. The number of aryl methyl sites for hydroxylation is 1. The summed E-state index contributed by atoms with van der Waals surface area (Å²) in [6.45, 7) is 1.31. The second kappa shape index (κ2) is 7.58. The third kappa shape index (κ3) is 3.73. The highest BCUT2D eigenvalue weighted by Gasteiger charge is 2.42. The molecule has 0 spiro atoms. The Hall–Kier alpha value is -3.75. The van der Waals surface area contributed by atoms with Gasteiger partial charge in [-0.2, -0.15) is 0 Å². The van der Waals surface area contributed by atoms with Gasteiger partial charge < -0.3 is 15.4 Å². The number of hydrogen-bond acceptors (Lipinski definition) is 4. The van der Waals surface area contributed by atoms with Crippen molar-refractivity contribution in [1.29, 1.82) is 0 Å². The van der Waals surface area contributed by atoms with E-state index in [9.17, 15) is 23.2 Å². The van der Waals surface area contributed by atoms with Crippen molar-refractivity contribution in [3.63, 3.8) is 0 Å². The number of urea groups is 1. The molecular weight excluding hydrogens is 396 g/mol. The minimum absolute atomic E-state index is 0.0830. The van der Waals surface area contributed by atoms with Crippen LogP contribution in [0.3, 0.4) is 0 Å². The van der Waals surface area contributed by atoms with Crippen molar-refractivity contribution in [3.8, 4) is 0 Å². The van der Waals surface area contributed by atoms with E-state index in [0.717, 1.165) is 22.6 Å². The number of anilines is 1. The normalized spacial score (nSPS) is 18.1. The number of nitrogens with zero attached hydrogens (tertiary/aromatic N) is 1. The first-order valence-corrected chi connectivity index (χ1v) is 9.12. The number of ether oxygens (including phenoxy) is 1. The maximum Gasteiger partial charge on any atom is 0.338 e. The number of carbonyl (C=O) groups excluding carboxylic acids is 3. The number of rotatable bonds is 4. The Balaban J connectivity index is 1.59. The van der Waals surface area contributed by atoms with Gasteiger partial charge in [-0.05, 0) is 24.6 Å². The third-order valence-electron chi connectivity index (χ3n) is 4.86. The molecule has 0 bridgehead atoms. The lowest BCUT2D eigenvalue weighted by Crippen LogP contribution is -2.49. The standard InChI is InChI=1S/C21H17F2N3O4/c1-11-2-4-12(5-3-11)19-18-16(10-30-20(18)28)26(21(29)25-19)9-17(27)24-15-7-13(22)6-14(23)8-15/h2-8,19H,9-10H2,1H3,(H,24,27)(H,25,29)/t19-/m1/s1. The van der Waals surface area contributed by atoms with Crippen molar-refractivity contribution in [2.75, 3.05) is 18.5 Å². The van der Waals surface area contributed by atoms with Crippen molar-refractivity contribution in [2.24, 2.45) is 0 Å². The van der Waals surface area contributed by atoms with E-state index in [-0.39, 0.29) is 23.6 Å². The fourth-order valence-corrected chi connectivity index (χ4v) is 3.46. The van der Waals surface area contributed by atoms with Crippen LogP contribution in [-0.4, -0.2) is 36.0 Å². The minimum Gasteiger partial charge on any atom is -0.456 e. The van der Waals surface area contributed by atoms with Crippen LogP contribution >= 0.6 is 0 Å². The second-order valence-electron chi connectivity index (χ2n) is 7.02. The van der Waals surface area contributed by atoms with E-state index in [4.69, 9.17) is 4.74 Å². The van der Waals surface area contributed by atoms with Crippen LogP contribution in [0.5, 0.6) is 0 Å². The summed E-state index contributed by atoms with van der Waals surface area (Å²) >= 11 is 0. The molecule has 9 heteroatoms. The van der Waals surface area contributed by atoms with Gasteiger partial charge in [0.15, 0.2) is 0 Å². The van der Waals surface area contributed by atoms with Crippen LogP contribution in [0.25, 0.3) is 0 Å². The van der Waals surface area contributed by atoms with E-state index in [1.807, 2.05) is 19.1 Å². The Morgan fingerprint density at radius 3 is 2.50 bits per heavy atom. The molecule has 0 aromatic heterocycles. The Bertz CT molecular complexity index is 1060. The Morgan fingerprint density at radius 2 is 1.83 bits per heavy atom. The molecule has 0 saturated carbocycles. The lowest BCUT2D eigenvalue weighted by Gasteiger charge is -2.32. The topological polar surface area (TPSA) is 87.7 Å². The van der Waals surface area contributed by atoms with E-state index in [0.29, 0.717) is 11.6 Å². The summed E-state index contributed by atoms with van der Waals surface area (Å²) in [6.07, 6.45) is 0. The zero-order valence-electron chi connectivity index (χ0n) is 15.9. The molecule has 0 saturated heterocycles. The van der Waals surface area contributed by atoms with E-state index >= 15 is 0 Å². The minimum atomic E-state index is -0.846. The summed E-state index contributed by atoms with van der Waals surface area (Å²) in [4.78, 5) is 38.5. The first-order chi connectivity index (χ1) is 14.3. The zero-order valence-corrected chi connectivity index (χ0v) is 15.9. The van der Waals surface area contributed by atoms with Crippen LogP contribution in [0.2, 0.25) is 0 Å². The maximum absolute atomic E-state index is 13.3. The van der Waals surface area contributed by atoms with Gasteiger partial charge in [0, 0.05) is 11.8 Å². The molecule has 3 amide bonds. The van der Waals surface area contributed by atoms with Gasteiger partial charge in [0.05, 0.1) is 17.3 Å².